The van der Waals surface area contributed by atoms with Gasteiger partial charge in [0.05, 0.1) is 4.99 Å². The van der Waals surface area contributed by atoms with Crippen molar-refractivity contribution in [1.82, 2.24) is 10.2 Å². The molecule has 5 heteroatoms. The van der Waals surface area contributed by atoms with Crippen LogP contribution in [0.5, 0.6) is 0 Å². The minimum atomic E-state index is 0.0554. The van der Waals surface area contributed by atoms with E-state index in [1.807, 2.05) is 14.0 Å². The molecular formula is C9H19N3OS. The molecule has 0 aliphatic rings. The molecular weight excluding hydrogens is 198 g/mol. The highest BCUT2D eigenvalue weighted by molar-refractivity contribution is 7.80. The van der Waals surface area contributed by atoms with Crippen molar-refractivity contribution in [3.8, 4) is 0 Å². The molecule has 0 aliphatic heterocycles. The first-order valence-electron chi connectivity index (χ1n) is 4.65. The van der Waals surface area contributed by atoms with Crippen molar-refractivity contribution < 1.29 is 4.79 Å². The molecule has 0 aliphatic carbocycles. The number of carbonyl (C=O) groups excluding carboxylic acids is 1. The molecule has 1 unspecified atom stereocenters. The van der Waals surface area contributed by atoms with E-state index in [0.717, 1.165) is 13.1 Å². The van der Waals surface area contributed by atoms with E-state index in [1.165, 1.54) is 0 Å². The Morgan fingerprint density at radius 2 is 2.21 bits per heavy atom. The Hall–Kier alpha value is -0.680. The molecule has 0 aromatic rings. The summed E-state index contributed by atoms with van der Waals surface area (Å²) in [6, 6.07) is 0. The first-order valence-corrected chi connectivity index (χ1v) is 5.06. The van der Waals surface area contributed by atoms with E-state index in [9.17, 15) is 4.79 Å². The molecule has 0 radical (unpaired) electrons. The van der Waals surface area contributed by atoms with Gasteiger partial charge in [-0.05, 0) is 7.05 Å². The highest BCUT2D eigenvalue weighted by Gasteiger charge is 2.09. The van der Waals surface area contributed by atoms with E-state index in [1.54, 1.807) is 7.05 Å². The van der Waals surface area contributed by atoms with E-state index >= 15 is 0 Å². The molecule has 4 nitrogen and oxygen atoms in total. The lowest BCUT2D eigenvalue weighted by Gasteiger charge is -2.19. The summed E-state index contributed by atoms with van der Waals surface area (Å²) in [5.74, 6) is 0.250. The summed E-state index contributed by atoms with van der Waals surface area (Å²) in [4.78, 5) is 13.5. The van der Waals surface area contributed by atoms with Gasteiger partial charge < -0.3 is 16.0 Å². The Labute approximate surface area is 90.8 Å². The Morgan fingerprint density at radius 3 is 2.64 bits per heavy atom. The maximum Gasteiger partial charge on any atom is 0.221 e. The Bertz CT molecular complexity index is 208. The second-order valence-corrected chi connectivity index (χ2v) is 3.96. The van der Waals surface area contributed by atoms with Crippen LogP contribution >= 0.6 is 12.2 Å². The molecule has 0 rings (SSSR count). The zero-order chi connectivity index (χ0) is 11.1. The van der Waals surface area contributed by atoms with Crippen molar-refractivity contribution in [3.63, 3.8) is 0 Å². The van der Waals surface area contributed by atoms with Crippen molar-refractivity contribution in [2.45, 2.75) is 13.3 Å². The number of nitrogens with one attached hydrogen (secondary N) is 1. The first kappa shape index (κ1) is 13.3. The molecule has 0 fully saturated rings. The van der Waals surface area contributed by atoms with E-state index in [-0.39, 0.29) is 11.8 Å². The first-order chi connectivity index (χ1) is 6.47. The standard InChI is InChI=1S/C9H19N3OS/c1-7(9(10)14)6-12(3)5-4-8(13)11-2/h7H,4-6H2,1-3H3,(H2,10,14)(H,11,13). The number of amides is 1. The number of hydrogen-bond acceptors (Lipinski definition) is 3. The van der Waals surface area contributed by atoms with Gasteiger partial charge in [0.15, 0.2) is 0 Å². The number of carbonyl (C=O) groups is 1. The third kappa shape index (κ3) is 5.88. The summed E-state index contributed by atoms with van der Waals surface area (Å²) >= 11 is 4.87. The van der Waals surface area contributed by atoms with Gasteiger partial charge in [0.2, 0.25) is 5.91 Å². The number of nitrogens with two attached hydrogens (primary N) is 1. The Morgan fingerprint density at radius 1 is 1.64 bits per heavy atom. The number of hydrogen-bond donors (Lipinski definition) is 2. The van der Waals surface area contributed by atoms with Gasteiger partial charge in [0.25, 0.3) is 0 Å². The fraction of sp³-hybridized carbons (Fsp3) is 0.778. The van der Waals surface area contributed by atoms with Crippen LogP contribution in [0.3, 0.4) is 0 Å². The van der Waals surface area contributed by atoms with E-state index in [0.29, 0.717) is 11.4 Å². The molecule has 0 aromatic carbocycles. The minimum Gasteiger partial charge on any atom is -0.393 e. The lowest BCUT2D eigenvalue weighted by atomic mass is 10.1. The van der Waals surface area contributed by atoms with Crippen molar-refractivity contribution in [2.24, 2.45) is 11.7 Å². The number of rotatable bonds is 6. The number of thiocarbonyl (C=S) groups is 1. The van der Waals surface area contributed by atoms with Gasteiger partial charge in [-0.2, -0.15) is 0 Å². The highest BCUT2D eigenvalue weighted by atomic mass is 32.1. The minimum absolute atomic E-state index is 0.0554. The number of nitrogens with zero attached hydrogens (tertiary/aromatic N) is 1. The van der Waals surface area contributed by atoms with E-state index in [4.69, 9.17) is 18.0 Å². The van der Waals surface area contributed by atoms with Gasteiger partial charge >= 0.3 is 0 Å². The smallest absolute Gasteiger partial charge is 0.221 e. The molecule has 1 amide bonds. The maximum absolute atomic E-state index is 10.9. The second-order valence-electron chi connectivity index (χ2n) is 3.49. The Balaban J connectivity index is 3.70. The zero-order valence-electron chi connectivity index (χ0n) is 9.04. The van der Waals surface area contributed by atoms with Crippen LogP contribution in [-0.2, 0) is 4.79 Å². The molecule has 0 saturated heterocycles. The SMILES string of the molecule is CNC(=O)CCN(C)CC(C)C(N)=S. The summed E-state index contributed by atoms with van der Waals surface area (Å²) in [7, 11) is 3.59. The molecule has 14 heavy (non-hydrogen) atoms. The predicted molar refractivity (Wildman–Crippen MR) is 62.1 cm³/mol. The average Bonchev–Trinajstić information content (AvgIpc) is 2.13. The molecule has 1 atom stereocenters. The summed E-state index contributed by atoms with van der Waals surface area (Å²) in [6.07, 6.45) is 0.511. The third-order valence-electron chi connectivity index (χ3n) is 2.07. The normalized spacial score (nSPS) is 12.6. The summed E-state index contributed by atoms with van der Waals surface area (Å²) < 4.78 is 0. The van der Waals surface area contributed by atoms with Crippen molar-refractivity contribution >= 4 is 23.1 Å². The van der Waals surface area contributed by atoms with E-state index < -0.39 is 0 Å². The fourth-order valence-corrected chi connectivity index (χ4v) is 1.14. The molecule has 3 N–H and O–H groups in total. The van der Waals surface area contributed by atoms with Crippen molar-refractivity contribution in [3.05, 3.63) is 0 Å². The van der Waals surface area contributed by atoms with Crippen molar-refractivity contribution in [2.75, 3.05) is 27.2 Å². The van der Waals surface area contributed by atoms with Gasteiger partial charge in [-0.25, -0.2) is 0 Å². The predicted octanol–water partition coefficient (Wildman–Crippen LogP) is -0.0235. The van der Waals surface area contributed by atoms with Crippen LogP contribution in [0.15, 0.2) is 0 Å². The van der Waals surface area contributed by atoms with Gasteiger partial charge in [0, 0.05) is 32.5 Å². The topological polar surface area (TPSA) is 58.4 Å². The van der Waals surface area contributed by atoms with Crippen LogP contribution in [-0.4, -0.2) is 43.0 Å². The highest BCUT2D eigenvalue weighted by Crippen LogP contribution is 1.99. The van der Waals surface area contributed by atoms with Crippen LogP contribution in [0.1, 0.15) is 13.3 Å². The molecule has 82 valence electrons. The second kappa shape index (κ2) is 6.73. The molecule has 0 spiro atoms. The van der Waals surface area contributed by atoms with Crippen LogP contribution in [0.25, 0.3) is 0 Å². The summed E-state index contributed by atoms with van der Waals surface area (Å²) in [5.41, 5.74) is 5.49. The fourth-order valence-electron chi connectivity index (χ4n) is 1.07. The maximum atomic E-state index is 10.9. The van der Waals surface area contributed by atoms with Crippen LogP contribution in [0.2, 0.25) is 0 Å². The zero-order valence-corrected chi connectivity index (χ0v) is 9.86. The molecule has 0 saturated carbocycles. The van der Waals surface area contributed by atoms with Crippen LogP contribution in [0, 0.1) is 5.92 Å². The largest absolute Gasteiger partial charge is 0.393 e. The summed E-state index contributed by atoms with van der Waals surface area (Å²) in [6.45, 7) is 3.51. The van der Waals surface area contributed by atoms with Gasteiger partial charge in [-0.1, -0.05) is 19.1 Å². The third-order valence-corrected chi connectivity index (χ3v) is 2.47. The monoisotopic (exact) mass is 217 g/mol. The van der Waals surface area contributed by atoms with E-state index in [2.05, 4.69) is 10.2 Å². The lowest BCUT2D eigenvalue weighted by Crippen LogP contribution is -2.33. The van der Waals surface area contributed by atoms with Crippen LogP contribution in [0.4, 0.5) is 0 Å². The van der Waals surface area contributed by atoms with Gasteiger partial charge in [-0.3, -0.25) is 4.79 Å². The molecule has 0 aromatic heterocycles. The van der Waals surface area contributed by atoms with Crippen LogP contribution < -0.4 is 11.1 Å². The Kier molecular flexibility index (Phi) is 6.40. The average molecular weight is 217 g/mol. The van der Waals surface area contributed by atoms with Gasteiger partial charge in [0.1, 0.15) is 0 Å². The lowest BCUT2D eigenvalue weighted by molar-refractivity contribution is -0.120. The molecule has 0 bridgehead atoms. The summed E-state index contributed by atoms with van der Waals surface area (Å²) in [5, 5.41) is 2.58. The quantitative estimate of drug-likeness (QED) is 0.614. The van der Waals surface area contributed by atoms with Crippen molar-refractivity contribution in [1.29, 1.82) is 0 Å². The molecule has 0 heterocycles. The van der Waals surface area contributed by atoms with Gasteiger partial charge in [-0.15, -0.1) is 0 Å².